The van der Waals surface area contributed by atoms with Crippen LogP contribution in [0, 0.1) is 19.3 Å². The molecule has 1 heterocycles. The molecule has 0 atom stereocenters. The Bertz CT molecular complexity index is 706. The van der Waals surface area contributed by atoms with E-state index >= 15 is 0 Å². The first-order chi connectivity index (χ1) is 9.69. The fraction of sp³-hybridized carbons (Fsp3) is 0.125. The van der Waals surface area contributed by atoms with Gasteiger partial charge in [0.05, 0.1) is 5.69 Å². The number of hydrogen-bond donors (Lipinski definition) is 1. The number of aromatic nitrogens is 2. The normalized spacial score (nSPS) is 10.4. The van der Waals surface area contributed by atoms with Crippen LogP contribution in [0.5, 0.6) is 5.75 Å². The number of H-pyrrole nitrogens is 1. The molecule has 100 valence electrons. The molecule has 1 aromatic carbocycles. The number of benzene rings is 1. The van der Waals surface area contributed by atoms with Crippen LogP contribution >= 0.6 is 0 Å². The number of ether oxygens (including phenoxy) is 1. The summed E-state index contributed by atoms with van der Waals surface area (Å²) < 4.78 is 5.29. The summed E-state index contributed by atoms with van der Waals surface area (Å²) in [5.41, 5.74) is 2.37. The molecule has 0 aliphatic heterocycles. The first-order valence-electron chi connectivity index (χ1n) is 6.10. The molecule has 2 rings (SSSR count). The van der Waals surface area contributed by atoms with Gasteiger partial charge in [-0.25, -0.2) is 5.10 Å². The van der Waals surface area contributed by atoms with Gasteiger partial charge in [-0.1, -0.05) is 24.1 Å². The Kier molecular flexibility index (Phi) is 4.35. The minimum atomic E-state index is -0.199. The van der Waals surface area contributed by atoms with Crippen molar-refractivity contribution in [2.24, 2.45) is 0 Å². The first-order valence-corrected chi connectivity index (χ1v) is 6.10. The smallest absolute Gasteiger partial charge is 0.264 e. The van der Waals surface area contributed by atoms with Crippen molar-refractivity contribution in [3.8, 4) is 18.1 Å². The van der Waals surface area contributed by atoms with Gasteiger partial charge < -0.3 is 4.74 Å². The predicted molar refractivity (Wildman–Crippen MR) is 79.3 cm³/mol. The molecule has 0 saturated carbocycles. The average molecular weight is 266 g/mol. The lowest BCUT2D eigenvalue weighted by Crippen LogP contribution is -2.08. The van der Waals surface area contributed by atoms with Gasteiger partial charge in [-0.2, -0.15) is 5.10 Å². The second kappa shape index (κ2) is 6.39. The van der Waals surface area contributed by atoms with Gasteiger partial charge in [0.25, 0.3) is 5.56 Å². The molecule has 0 aliphatic carbocycles. The molecule has 0 unspecified atom stereocenters. The number of aromatic amines is 1. The molecule has 0 saturated heterocycles. The van der Waals surface area contributed by atoms with Gasteiger partial charge in [0, 0.05) is 6.07 Å². The number of nitrogens with zero attached hydrogens (tertiary/aromatic N) is 1. The molecule has 20 heavy (non-hydrogen) atoms. The minimum absolute atomic E-state index is 0.199. The summed E-state index contributed by atoms with van der Waals surface area (Å²) >= 11 is 0. The fourth-order valence-corrected chi connectivity index (χ4v) is 1.65. The summed E-state index contributed by atoms with van der Waals surface area (Å²) in [6.07, 6.45) is 8.89. The lowest BCUT2D eigenvalue weighted by molar-refractivity contribution is 0.370. The van der Waals surface area contributed by atoms with Gasteiger partial charge in [0.1, 0.15) is 12.4 Å². The van der Waals surface area contributed by atoms with Gasteiger partial charge in [0.15, 0.2) is 0 Å². The summed E-state index contributed by atoms with van der Waals surface area (Å²) in [6, 6.07) is 9.06. The quantitative estimate of drug-likeness (QED) is 0.864. The Labute approximate surface area is 117 Å². The van der Waals surface area contributed by atoms with E-state index in [0.29, 0.717) is 0 Å². The monoisotopic (exact) mass is 266 g/mol. The zero-order valence-corrected chi connectivity index (χ0v) is 11.1. The fourth-order valence-electron chi connectivity index (χ4n) is 1.65. The zero-order chi connectivity index (χ0) is 14.4. The van der Waals surface area contributed by atoms with E-state index in [2.05, 4.69) is 16.1 Å². The molecular weight excluding hydrogens is 252 g/mol. The van der Waals surface area contributed by atoms with E-state index in [1.165, 1.54) is 6.07 Å². The third-order valence-electron chi connectivity index (χ3n) is 2.67. The number of terminal acetylenes is 1. The van der Waals surface area contributed by atoms with Crippen molar-refractivity contribution in [2.45, 2.75) is 6.92 Å². The predicted octanol–water partition coefficient (Wildman–Crippen LogP) is 2.26. The van der Waals surface area contributed by atoms with Crippen LogP contribution in [0.3, 0.4) is 0 Å². The molecule has 0 bridgehead atoms. The van der Waals surface area contributed by atoms with Crippen molar-refractivity contribution in [1.82, 2.24) is 10.2 Å². The molecule has 4 heteroatoms. The van der Waals surface area contributed by atoms with Crippen molar-refractivity contribution in [3.63, 3.8) is 0 Å². The highest BCUT2D eigenvalue weighted by molar-refractivity contribution is 5.69. The highest BCUT2D eigenvalue weighted by Crippen LogP contribution is 2.14. The molecule has 0 fully saturated rings. The SMILES string of the molecule is C#CCOc1ccc(/C=C/c2n[nH]c(=O)cc2C)cc1. The topological polar surface area (TPSA) is 55.0 Å². The van der Waals surface area contributed by atoms with E-state index in [4.69, 9.17) is 11.2 Å². The van der Waals surface area contributed by atoms with Crippen molar-refractivity contribution < 1.29 is 4.74 Å². The Morgan fingerprint density at radius 3 is 2.75 bits per heavy atom. The summed E-state index contributed by atoms with van der Waals surface area (Å²) in [5.74, 6) is 3.15. The summed E-state index contributed by atoms with van der Waals surface area (Å²) in [5, 5.41) is 6.39. The van der Waals surface area contributed by atoms with E-state index in [-0.39, 0.29) is 12.2 Å². The van der Waals surface area contributed by atoms with E-state index in [1.807, 2.05) is 43.3 Å². The molecule has 1 N–H and O–H groups in total. The maximum absolute atomic E-state index is 11.1. The zero-order valence-electron chi connectivity index (χ0n) is 11.1. The van der Waals surface area contributed by atoms with Gasteiger partial charge in [0.2, 0.25) is 0 Å². The second-order valence-corrected chi connectivity index (χ2v) is 4.20. The third kappa shape index (κ3) is 3.59. The first kappa shape index (κ1) is 13.6. The highest BCUT2D eigenvalue weighted by Gasteiger charge is 1.97. The molecule has 0 radical (unpaired) electrons. The summed E-state index contributed by atoms with van der Waals surface area (Å²) in [4.78, 5) is 11.1. The molecular formula is C16H14N2O2. The number of nitrogens with one attached hydrogen (secondary N) is 1. The molecule has 0 amide bonds. The Hall–Kier alpha value is -2.80. The van der Waals surface area contributed by atoms with Crippen LogP contribution in [0.15, 0.2) is 35.1 Å². The molecule has 4 nitrogen and oxygen atoms in total. The number of aryl methyl sites for hydroxylation is 1. The lowest BCUT2D eigenvalue weighted by Gasteiger charge is -2.02. The van der Waals surface area contributed by atoms with Crippen molar-refractivity contribution in [2.75, 3.05) is 6.61 Å². The molecule has 0 spiro atoms. The maximum Gasteiger partial charge on any atom is 0.264 e. The Morgan fingerprint density at radius 1 is 1.35 bits per heavy atom. The standard InChI is InChI=1S/C16H14N2O2/c1-3-10-20-14-7-4-13(5-8-14)6-9-15-12(2)11-16(19)18-17-15/h1,4-9,11H,10H2,2H3,(H,18,19)/b9-6+. The number of hydrogen-bond acceptors (Lipinski definition) is 3. The lowest BCUT2D eigenvalue weighted by atomic mass is 10.1. The second-order valence-electron chi connectivity index (χ2n) is 4.20. The van der Waals surface area contributed by atoms with E-state index in [0.717, 1.165) is 22.6 Å². The minimum Gasteiger partial charge on any atom is -0.481 e. The van der Waals surface area contributed by atoms with Crippen LogP contribution in [0.25, 0.3) is 12.2 Å². The van der Waals surface area contributed by atoms with Crippen molar-refractivity contribution >= 4 is 12.2 Å². The Balaban J connectivity index is 2.11. The van der Waals surface area contributed by atoms with E-state index in [1.54, 1.807) is 0 Å². The van der Waals surface area contributed by atoms with Crippen LogP contribution in [0.1, 0.15) is 16.8 Å². The van der Waals surface area contributed by atoms with Crippen LogP contribution in [-0.4, -0.2) is 16.8 Å². The third-order valence-corrected chi connectivity index (χ3v) is 2.67. The van der Waals surface area contributed by atoms with Crippen LogP contribution in [0.2, 0.25) is 0 Å². The molecule has 0 aliphatic rings. The Morgan fingerprint density at radius 2 is 2.10 bits per heavy atom. The summed E-state index contributed by atoms with van der Waals surface area (Å²) in [7, 11) is 0. The van der Waals surface area contributed by atoms with E-state index in [9.17, 15) is 4.79 Å². The van der Waals surface area contributed by atoms with Gasteiger partial charge in [-0.15, -0.1) is 6.42 Å². The van der Waals surface area contributed by atoms with Gasteiger partial charge >= 0.3 is 0 Å². The van der Waals surface area contributed by atoms with Crippen LogP contribution < -0.4 is 10.3 Å². The van der Waals surface area contributed by atoms with Gasteiger partial charge in [-0.05, 0) is 36.3 Å². The van der Waals surface area contributed by atoms with Crippen LogP contribution in [0.4, 0.5) is 0 Å². The molecule has 2 aromatic rings. The van der Waals surface area contributed by atoms with Gasteiger partial charge in [-0.3, -0.25) is 4.79 Å². The summed E-state index contributed by atoms with van der Waals surface area (Å²) in [6.45, 7) is 2.11. The number of rotatable bonds is 4. The largest absolute Gasteiger partial charge is 0.481 e. The maximum atomic E-state index is 11.1. The average Bonchev–Trinajstić information content (AvgIpc) is 2.45. The highest BCUT2D eigenvalue weighted by atomic mass is 16.5. The van der Waals surface area contributed by atoms with E-state index < -0.39 is 0 Å². The van der Waals surface area contributed by atoms with Crippen LogP contribution in [-0.2, 0) is 0 Å². The molecule has 1 aromatic heterocycles. The van der Waals surface area contributed by atoms with Crippen molar-refractivity contribution in [1.29, 1.82) is 0 Å². The van der Waals surface area contributed by atoms with Crippen molar-refractivity contribution in [3.05, 3.63) is 57.5 Å².